The molecule has 1 N–H and O–H groups in total. The van der Waals surface area contributed by atoms with E-state index in [1.807, 2.05) is 24.4 Å². The molecule has 2 heterocycles. The molecule has 0 aliphatic rings. The molecule has 0 amide bonds. The van der Waals surface area contributed by atoms with Gasteiger partial charge in [0.05, 0.1) is 9.85 Å². The molecule has 0 spiro atoms. The van der Waals surface area contributed by atoms with Crippen LogP contribution in [-0.2, 0) is 6.54 Å². The fourth-order valence-corrected chi connectivity index (χ4v) is 2.84. The van der Waals surface area contributed by atoms with Crippen LogP contribution in [0.25, 0.3) is 10.9 Å². The Balaban J connectivity index is 1.78. The minimum absolute atomic E-state index is 0.787. The van der Waals surface area contributed by atoms with Crippen LogP contribution in [0.15, 0.2) is 48.7 Å². The van der Waals surface area contributed by atoms with Crippen molar-refractivity contribution in [2.24, 2.45) is 0 Å². The second kappa shape index (κ2) is 4.96. The van der Waals surface area contributed by atoms with Crippen molar-refractivity contribution in [3.63, 3.8) is 0 Å². The van der Waals surface area contributed by atoms with Crippen LogP contribution >= 0.6 is 22.9 Å². The van der Waals surface area contributed by atoms with Crippen LogP contribution in [-0.4, -0.2) is 4.98 Å². The molecule has 0 bridgehead atoms. The van der Waals surface area contributed by atoms with Gasteiger partial charge in [-0.05, 0) is 30.3 Å². The Morgan fingerprint density at radius 2 is 2.11 bits per heavy atom. The second-order valence-electron chi connectivity index (χ2n) is 3.97. The lowest BCUT2D eigenvalue weighted by Crippen LogP contribution is -1.97. The van der Waals surface area contributed by atoms with E-state index in [-0.39, 0.29) is 0 Å². The van der Waals surface area contributed by atoms with Crippen molar-refractivity contribution in [3.8, 4) is 0 Å². The highest BCUT2D eigenvalue weighted by Gasteiger charge is 1.99. The molecule has 0 aliphatic heterocycles. The first kappa shape index (κ1) is 11.5. The molecule has 4 heteroatoms. The molecule has 90 valence electrons. The number of nitrogens with zero attached hydrogens (tertiary/aromatic N) is 1. The number of hydrogen-bond acceptors (Lipinski definition) is 3. The number of hydrogen-bond donors (Lipinski definition) is 1. The highest BCUT2D eigenvalue weighted by molar-refractivity contribution is 7.16. The maximum Gasteiger partial charge on any atom is 0.0931 e. The maximum absolute atomic E-state index is 5.90. The first-order valence-corrected chi connectivity index (χ1v) is 6.83. The molecule has 0 radical (unpaired) electrons. The Bertz CT molecular complexity index is 678. The fourth-order valence-electron chi connectivity index (χ4n) is 1.81. The van der Waals surface area contributed by atoms with Gasteiger partial charge < -0.3 is 5.32 Å². The van der Waals surface area contributed by atoms with Crippen molar-refractivity contribution in [1.82, 2.24) is 4.98 Å². The van der Waals surface area contributed by atoms with Crippen molar-refractivity contribution in [2.75, 3.05) is 5.32 Å². The molecule has 0 unspecified atom stereocenters. The third-order valence-electron chi connectivity index (χ3n) is 2.70. The summed E-state index contributed by atoms with van der Waals surface area (Å²) < 4.78 is 0.826. The summed E-state index contributed by atoms with van der Waals surface area (Å²) in [5.41, 5.74) is 2.08. The van der Waals surface area contributed by atoms with Crippen molar-refractivity contribution in [3.05, 3.63) is 57.9 Å². The van der Waals surface area contributed by atoms with Gasteiger partial charge in [-0.3, -0.25) is 4.98 Å². The van der Waals surface area contributed by atoms with Crippen LogP contribution in [0, 0.1) is 0 Å². The number of benzene rings is 1. The van der Waals surface area contributed by atoms with Gasteiger partial charge in [0.15, 0.2) is 0 Å². The molecule has 0 atom stereocenters. The first-order valence-electron chi connectivity index (χ1n) is 5.64. The number of fused-ring (bicyclic) bond motifs is 1. The van der Waals surface area contributed by atoms with Gasteiger partial charge in [-0.15, -0.1) is 11.3 Å². The normalized spacial score (nSPS) is 10.7. The number of anilines is 1. The van der Waals surface area contributed by atoms with E-state index in [0.29, 0.717) is 0 Å². The van der Waals surface area contributed by atoms with Gasteiger partial charge in [-0.2, -0.15) is 0 Å². The van der Waals surface area contributed by atoms with Crippen LogP contribution in [0.2, 0.25) is 4.34 Å². The lowest BCUT2D eigenvalue weighted by atomic mass is 10.2. The highest BCUT2D eigenvalue weighted by Crippen LogP contribution is 2.23. The average Bonchev–Trinajstić information content (AvgIpc) is 2.82. The average molecular weight is 275 g/mol. The Morgan fingerprint density at radius 3 is 2.94 bits per heavy atom. The fraction of sp³-hybridized carbons (Fsp3) is 0.0714. The van der Waals surface area contributed by atoms with Gasteiger partial charge in [0.2, 0.25) is 0 Å². The minimum atomic E-state index is 0.787. The number of rotatable bonds is 3. The van der Waals surface area contributed by atoms with Crippen LogP contribution in [0.3, 0.4) is 0 Å². The molecule has 0 fully saturated rings. The first-order chi connectivity index (χ1) is 8.81. The molecule has 18 heavy (non-hydrogen) atoms. The van der Waals surface area contributed by atoms with Crippen molar-refractivity contribution < 1.29 is 0 Å². The van der Waals surface area contributed by atoms with Gasteiger partial charge in [-0.1, -0.05) is 23.7 Å². The summed E-state index contributed by atoms with van der Waals surface area (Å²) in [7, 11) is 0. The summed E-state index contributed by atoms with van der Waals surface area (Å²) in [4.78, 5) is 5.57. The minimum Gasteiger partial charge on any atom is -0.380 e. The predicted molar refractivity (Wildman–Crippen MR) is 78.4 cm³/mol. The predicted octanol–water partition coefficient (Wildman–Crippen LogP) is 4.56. The zero-order chi connectivity index (χ0) is 12.4. The van der Waals surface area contributed by atoms with E-state index in [1.54, 1.807) is 11.3 Å². The Labute approximate surface area is 114 Å². The van der Waals surface area contributed by atoms with Crippen LogP contribution < -0.4 is 5.32 Å². The topological polar surface area (TPSA) is 24.9 Å². The van der Waals surface area contributed by atoms with E-state index in [4.69, 9.17) is 11.6 Å². The van der Waals surface area contributed by atoms with Crippen molar-refractivity contribution in [1.29, 1.82) is 0 Å². The summed E-state index contributed by atoms with van der Waals surface area (Å²) in [6.45, 7) is 0.787. The maximum atomic E-state index is 5.90. The van der Waals surface area contributed by atoms with Crippen molar-refractivity contribution >= 4 is 39.5 Å². The summed E-state index contributed by atoms with van der Waals surface area (Å²) >= 11 is 7.50. The molecule has 0 saturated heterocycles. The smallest absolute Gasteiger partial charge is 0.0931 e. The Morgan fingerprint density at radius 1 is 1.17 bits per heavy atom. The summed E-state index contributed by atoms with van der Waals surface area (Å²) in [5.74, 6) is 0. The lowest BCUT2D eigenvalue weighted by molar-refractivity contribution is 1.19. The molecule has 0 aliphatic carbocycles. The van der Waals surface area contributed by atoms with Crippen molar-refractivity contribution in [2.45, 2.75) is 6.54 Å². The zero-order valence-corrected chi connectivity index (χ0v) is 11.1. The number of thiophene rings is 1. The van der Waals surface area contributed by atoms with Gasteiger partial charge in [0, 0.05) is 28.7 Å². The molecular weight excluding hydrogens is 264 g/mol. The quantitative estimate of drug-likeness (QED) is 0.757. The van der Waals surface area contributed by atoms with E-state index in [9.17, 15) is 0 Å². The molecule has 2 nitrogen and oxygen atoms in total. The second-order valence-corrected chi connectivity index (χ2v) is 5.77. The molecule has 2 aromatic heterocycles. The van der Waals surface area contributed by atoms with Gasteiger partial charge in [-0.25, -0.2) is 0 Å². The molecule has 3 aromatic rings. The largest absolute Gasteiger partial charge is 0.380 e. The van der Waals surface area contributed by atoms with Gasteiger partial charge in [0.25, 0.3) is 0 Å². The number of pyridine rings is 1. The summed E-state index contributed by atoms with van der Waals surface area (Å²) in [6, 6.07) is 14.2. The summed E-state index contributed by atoms with van der Waals surface area (Å²) in [5, 5.41) is 4.53. The number of aromatic nitrogens is 1. The monoisotopic (exact) mass is 274 g/mol. The van der Waals surface area contributed by atoms with Gasteiger partial charge >= 0.3 is 0 Å². The summed E-state index contributed by atoms with van der Waals surface area (Å²) in [6.07, 6.45) is 1.81. The van der Waals surface area contributed by atoms with E-state index in [1.165, 1.54) is 4.88 Å². The molecule has 3 rings (SSSR count). The third kappa shape index (κ3) is 2.47. The van der Waals surface area contributed by atoms with E-state index < -0.39 is 0 Å². The zero-order valence-electron chi connectivity index (χ0n) is 9.56. The Kier molecular flexibility index (Phi) is 3.17. The van der Waals surface area contributed by atoms with Crippen LogP contribution in [0.4, 0.5) is 5.69 Å². The van der Waals surface area contributed by atoms with E-state index >= 15 is 0 Å². The van der Waals surface area contributed by atoms with Crippen LogP contribution in [0.1, 0.15) is 4.88 Å². The third-order valence-corrected chi connectivity index (χ3v) is 3.93. The highest BCUT2D eigenvalue weighted by atomic mass is 35.5. The standard InChI is InChI=1S/C14H11ClN2S/c15-14-6-5-12(18-14)9-17-11-4-3-10-2-1-7-16-13(10)8-11/h1-8,17H,9H2. The molecule has 1 aromatic carbocycles. The van der Waals surface area contributed by atoms with E-state index in [2.05, 4.69) is 34.6 Å². The molecular formula is C14H11ClN2S. The van der Waals surface area contributed by atoms with Crippen LogP contribution in [0.5, 0.6) is 0 Å². The van der Waals surface area contributed by atoms with E-state index in [0.717, 1.165) is 27.5 Å². The number of halogens is 1. The van der Waals surface area contributed by atoms with Gasteiger partial charge in [0.1, 0.15) is 0 Å². The SMILES string of the molecule is Clc1ccc(CNc2ccc3cccnc3c2)s1. The lowest BCUT2D eigenvalue weighted by Gasteiger charge is -2.05. The number of nitrogens with one attached hydrogen (secondary N) is 1. The Hall–Kier alpha value is -1.58. The molecule has 0 saturated carbocycles.